The SMILES string of the molecule is O=C1CC[C@H](N2Cc3c(C#C[C@@H]4CC45CCN(C(=O)c4ccc6c(c4)OCCN6C(=O)[C@@H]4NC6(CCCCC6)[C@@]6(CNc7cc(C(F)(F)F)ncc76)[C@H]4c4cccc(Cl)c4F)CC5)cccc3C2=O)C(=O)N1. The van der Waals surface area contributed by atoms with E-state index in [-0.39, 0.29) is 90.3 Å². The zero-order valence-corrected chi connectivity index (χ0v) is 39.9. The van der Waals surface area contributed by atoms with Crippen molar-refractivity contribution >= 4 is 52.5 Å². The number of aromatic nitrogens is 1. The van der Waals surface area contributed by atoms with Crippen LogP contribution in [0.2, 0.25) is 5.02 Å². The van der Waals surface area contributed by atoms with Gasteiger partial charge < -0.3 is 24.8 Å². The molecule has 0 unspecified atom stereocenters. The number of hydrogen-bond donors (Lipinski definition) is 3. The molecule has 3 aromatic carbocycles. The summed E-state index contributed by atoms with van der Waals surface area (Å²) in [5, 5.41) is 9.20. The van der Waals surface area contributed by atoms with Crippen molar-refractivity contribution in [2.75, 3.05) is 43.0 Å². The summed E-state index contributed by atoms with van der Waals surface area (Å²) in [6.45, 7) is 1.73. The van der Waals surface area contributed by atoms with Crippen LogP contribution < -0.4 is 25.6 Å². The van der Waals surface area contributed by atoms with Gasteiger partial charge in [0, 0.05) is 89.5 Å². The summed E-state index contributed by atoms with van der Waals surface area (Å²) < 4.78 is 64.7. The molecule has 1 aromatic heterocycles. The molecule has 13 nitrogen and oxygen atoms in total. The number of carbonyl (C=O) groups excluding carboxylic acids is 5. The summed E-state index contributed by atoms with van der Waals surface area (Å²) >= 11 is 6.46. The van der Waals surface area contributed by atoms with Crippen molar-refractivity contribution in [3.05, 3.63) is 117 Å². The maximum atomic E-state index is 16.6. The Labute approximate surface area is 417 Å². The van der Waals surface area contributed by atoms with E-state index in [2.05, 4.69) is 32.8 Å². The summed E-state index contributed by atoms with van der Waals surface area (Å²) in [5.74, 6) is 4.10. The second kappa shape index (κ2) is 17.0. The molecule has 72 heavy (non-hydrogen) atoms. The first-order valence-electron chi connectivity index (χ1n) is 24.8. The highest BCUT2D eigenvalue weighted by molar-refractivity contribution is 6.30. The van der Waals surface area contributed by atoms with Crippen molar-refractivity contribution in [2.24, 2.45) is 11.3 Å². The zero-order chi connectivity index (χ0) is 49.9. The van der Waals surface area contributed by atoms with Gasteiger partial charge in [-0.3, -0.25) is 39.6 Å². The number of piperidine rings is 2. The number of anilines is 2. The van der Waals surface area contributed by atoms with Crippen molar-refractivity contribution in [2.45, 2.75) is 106 Å². The predicted octanol–water partition coefficient (Wildman–Crippen LogP) is 7.50. The Bertz CT molecular complexity index is 3070. The van der Waals surface area contributed by atoms with Gasteiger partial charge in [-0.05, 0) is 97.5 Å². The molecular weight excluding hydrogens is 954 g/mol. The number of amides is 5. The maximum absolute atomic E-state index is 16.6. The Morgan fingerprint density at radius 3 is 2.51 bits per heavy atom. The molecule has 6 aliphatic heterocycles. The third kappa shape index (κ3) is 7.28. The molecule has 12 rings (SSSR count). The van der Waals surface area contributed by atoms with Gasteiger partial charge in [0.25, 0.3) is 11.8 Å². The molecule has 372 valence electrons. The zero-order valence-electron chi connectivity index (χ0n) is 39.1. The molecule has 7 heterocycles. The third-order valence-electron chi connectivity index (χ3n) is 17.2. The van der Waals surface area contributed by atoms with Crippen LogP contribution in [0.3, 0.4) is 0 Å². The van der Waals surface area contributed by atoms with E-state index in [0.717, 1.165) is 55.7 Å². The Morgan fingerprint density at radius 2 is 1.74 bits per heavy atom. The molecule has 5 amide bonds. The maximum Gasteiger partial charge on any atom is 0.433 e. The molecule has 3 saturated heterocycles. The lowest BCUT2D eigenvalue weighted by Gasteiger charge is -2.48. The number of carbonyl (C=O) groups is 5. The largest absolute Gasteiger partial charge is 0.490 e. The predicted molar refractivity (Wildman–Crippen MR) is 256 cm³/mol. The van der Waals surface area contributed by atoms with Gasteiger partial charge in [-0.1, -0.05) is 60.9 Å². The van der Waals surface area contributed by atoms with Crippen LogP contribution in [0.1, 0.15) is 119 Å². The standard InChI is InChI=1S/C54H50ClF4N7O6/c55-37-9-5-8-34(45(37)56)44-46(63-52(16-2-1-3-17-52)53(44)29-61-38-25-42(54(57,58)59)60-27-36(38)53)50(71)65-22-23-72-41-24-31(11-13-39(41)65)48(69)64-20-18-51(19-21-64)26-32(51)12-10-30-6-4-7-33-35(30)28-66(49(33)70)40-14-15-43(67)62-47(40)68/h4-9,11,13,24-25,27,32,40,44,46,61,63H,1-3,14-23,26,28-29H2,(H,62,67,68)/t32-,40+,44+,46-,53-/m1/s1. The van der Waals surface area contributed by atoms with Crippen LogP contribution in [0.15, 0.2) is 66.9 Å². The van der Waals surface area contributed by atoms with Crippen molar-refractivity contribution in [1.29, 1.82) is 0 Å². The lowest BCUT2D eigenvalue weighted by molar-refractivity contribution is -0.141. The van der Waals surface area contributed by atoms with E-state index < -0.39 is 52.6 Å². The second-order valence-corrected chi connectivity index (χ2v) is 21.2. The van der Waals surface area contributed by atoms with E-state index in [9.17, 15) is 32.3 Å². The van der Waals surface area contributed by atoms with Crippen LogP contribution in [0, 0.1) is 29.0 Å². The van der Waals surface area contributed by atoms with Gasteiger partial charge in [-0.2, -0.15) is 13.2 Å². The normalized spacial score (nSPS) is 26.6. The molecule has 0 bridgehead atoms. The molecule has 3 N–H and O–H groups in total. The van der Waals surface area contributed by atoms with E-state index in [1.165, 1.54) is 17.2 Å². The third-order valence-corrected chi connectivity index (χ3v) is 17.5. The van der Waals surface area contributed by atoms with Crippen LogP contribution >= 0.6 is 11.6 Å². The minimum absolute atomic E-state index is 0.0236. The number of likely N-dealkylation sites (tertiary alicyclic amines) is 1. The number of ether oxygens (including phenoxy) is 1. The first-order chi connectivity index (χ1) is 34.6. The molecule has 0 radical (unpaired) electrons. The van der Waals surface area contributed by atoms with Crippen LogP contribution in [-0.2, 0) is 32.5 Å². The number of nitrogens with zero attached hydrogens (tertiary/aromatic N) is 4. The lowest BCUT2D eigenvalue weighted by Crippen LogP contribution is -2.58. The fourth-order valence-corrected chi connectivity index (χ4v) is 13.6. The molecule has 2 saturated carbocycles. The number of pyridine rings is 1. The van der Waals surface area contributed by atoms with Gasteiger partial charge >= 0.3 is 6.18 Å². The molecule has 8 aliphatic rings. The highest BCUT2D eigenvalue weighted by atomic mass is 35.5. The van der Waals surface area contributed by atoms with Gasteiger partial charge in [0.15, 0.2) is 0 Å². The number of imide groups is 1. The second-order valence-electron chi connectivity index (χ2n) is 20.8. The number of hydrogen-bond acceptors (Lipinski definition) is 9. The van der Waals surface area contributed by atoms with Crippen molar-refractivity contribution in [1.82, 2.24) is 25.4 Å². The average molecular weight is 1000 g/mol. The van der Waals surface area contributed by atoms with E-state index in [1.807, 2.05) is 11.0 Å². The fourth-order valence-electron chi connectivity index (χ4n) is 13.5. The Kier molecular flexibility index (Phi) is 11.0. The van der Waals surface area contributed by atoms with Crippen LogP contribution in [0.5, 0.6) is 5.75 Å². The summed E-state index contributed by atoms with van der Waals surface area (Å²) in [7, 11) is 0. The van der Waals surface area contributed by atoms with Gasteiger partial charge in [0.2, 0.25) is 17.7 Å². The monoisotopic (exact) mass is 1000 g/mol. The van der Waals surface area contributed by atoms with Crippen molar-refractivity contribution < 1.29 is 46.3 Å². The smallest absolute Gasteiger partial charge is 0.433 e. The number of benzene rings is 3. The molecule has 2 aliphatic carbocycles. The van der Waals surface area contributed by atoms with E-state index >= 15 is 9.18 Å². The Hall–Kier alpha value is -6.51. The van der Waals surface area contributed by atoms with Gasteiger partial charge in [-0.25, -0.2) is 4.39 Å². The van der Waals surface area contributed by atoms with E-state index in [0.29, 0.717) is 54.1 Å². The summed E-state index contributed by atoms with van der Waals surface area (Å²) in [6, 6.07) is 14.4. The molecule has 5 atom stereocenters. The first kappa shape index (κ1) is 46.6. The topological polar surface area (TPSA) is 153 Å². The van der Waals surface area contributed by atoms with Crippen LogP contribution in [0.25, 0.3) is 0 Å². The number of nitrogens with one attached hydrogen (secondary N) is 3. The average Bonchev–Trinajstić information content (AvgIpc) is 3.58. The molecule has 3 spiro atoms. The highest BCUT2D eigenvalue weighted by Gasteiger charge is 2.69. The van der Waals surface area contributed by atoms with Gasteiger partial charge in [0.05, 0.1) is 23.3 Å². The minimum atomic E-state index is -4.69. The van der Waals surface area contributed by atoms with E-state index in [4.69, 9.17) is 16.3 Å². The highest BCUT2D eigenvalue weighted by Crippen LogP contribution is 2.63. The molecular formula is C54H50ClF4N7O6. The van der Waals surface area contributed by atoms with E-state index in [1.54, 1.807) is 47.4 Å². The number of fused-ring (bicyclic) bond motifs is 5. The number of alkyl halides is 3. The first-order valence-corrected chi connectivity index (χ1v) is 25.2. The molecule has 5 fully saturated rings. The lowest BCUT2D eigenvalue weighted by atomic mass is 9.56. The minimum Gasteiger partial charge on any atom is -0.490 e. The van der Waals surface area contributed by atoms with Gasteiger partial charge in [0.1, 0.15) is 29.9 Å². The summed E-state index contributed by atoms with van der Waals surface area (Å²) in [5.41, 5.74) is 0.850. The van der Waals surface area contributed by atoms with Crippen molar-refractivity contribution in [3.63, 3.8) is 0 Å². The van der Waals surface area contributed by atoms with Crippen LogP contribution in [-0.4, -0.2) is 94.7 Å². The number of halogens is 5. The Morgan fingerprint density at radius 1 is 0.944 bits per heavy atom. The number of rotatable bonds is 4. The summed E-state index contributed by atoms with van der Waals surface area (Å²) in [4.78, 5) is 76.1. The van der Waals surface area contributed by atoms with Crippen molar-refractivity contribution in [3.8, 4) is 17.6 Å². The molecule has 18 heteroatoms. The fraction of sp³-hybridized carbons (Fsp3) is 0.444. The van der Waals surface area contributed by atoms with Crippen LogP contribution in [0.4, 0.5) is 28.9 Å². The quantitative estimate of drug-likeness (QED) is 0.107. The Balaban J connectivity index is 0.767. The van der Waals surface area contributed by atoms with Gasteiger partial charge in [-0.15, -0.1) is 0 Å². The summed E-state index contributed by atoms with van der Waals surface area (Å²) in [6.07, 6.45) is 3.18. The molecule has 4 aromatic rings.